The summed E-state index contributed by atoms with van der Waals surface area (Å²) in [5.41, 5.74) is -2.24. The highest BCUT2D eigenvalue weighted by Crippen LogP contribution is 2.46. The molecule has 4 aliphatic heterocycles. The Hall–Kier alpha value is -1.64. The van der Waals surface area contributed by atoms with Crippen LogP contribution in [0.1, 0.15) is 94.9 Å². The molecule has 4 rings (SSSR count). The maximum atomic E-state index is 14.0. The van der Waals surface area contributed by atoms with E-state index in [1.54, 1.807) is 27.7 Å². The second-order valence-corrected chi connectivity index (χ2v) is 15.7. The number of Topliss-reactive ketones (excluding diaryl/α,β-unsaturated/α-hetero) is 1. The van der Waals surface area contributed by atoms with Crippen LogP contribution in [0.2, 0.25) is 0 Å². The van der Waals surface area contributed by atoms with E-state index in [-0.39, 0.29) is 24.5 Å². The first-order valence-corrected chi connectivity index (χ1v) is 17.7. The number of esters is 1. The predicted molar refractivity (Wildman–Crippen MR) is 176 cm³/mol. The van der Waals surface area contributed by atoms with Gasteiger partial charge in [-0.2, -0.15) is 0 Å². The molecule has 0 unspecified atom stereocenters. The number of hydrogen-bond donors (Lipinski definition) is 3. The lowest BCUT2D eigenvalue weighted by atomic mass is 9.79. The Morgan fingerprint density at radius 2 is 1.60 bits per heavy atom. The molecule has 3 N–H and O–H groups in total. The zero-order valence-electron chi connectivity index (χ0n) is 31.0. The molecule has 0 aromatic heterocycles. The Kier molecular flexibility index (Phi) is 12.2. The van der Waals surface area contributed by atoms with Gasteiger partial charge in [0, 0.05) is 24.8 Å². The van der Waals surface area contributed by atoms with E-state index >= 15 is 0 Å². The third-order valence-corrected chi connectivity index (χ3v) is 11.2. The van der Waals surface area contributed by atoms with Gasteiger partial charge in [0.25, 0.3) is 0 Å². The first kappa shape index (κ1) is 39.2. The highest BCUT2D eigenvalue weighted by Gasteiger charge is 2.55. The van der Waals surface area contributed by atoms with Crippen molar-refractivity contribution in [1.82, 2.24) is 4.90 Å². The van der Waals surface area contributed by atoms with Crippen molar-refractivity contribution in [3.05, 3.63) is 11.3 Å². The van der Waals surface area contributed by atoms with Crippen LogP contribution >= 0.6 is 0 Å². The normalized spacial score (nSPS) is 48.0. The second-order valence-electron chi connectivity index (χ2n) is 15.7. The molecule has 276 valence electrons. The van der Waals surface area contributed by atoms with Crippen LogP contribution in [0.15, 0.2) is 11.3 Å². The van der Waals surface area contributed by atoms with Crippen molar-refractivity contribution in [2.24, 2.45) is 23.7 Å². The lowest BCUT2D eigenvalue weighted by Gasteiger charge is -2.47. The van der Waals surface area contributed by atoms with Gasteiger partial charge in [0.1, 0.15) is 29.7 Å². The molecule has 0 aromatic rings. The maximum Gasteiger partial charge on any atom is 0.311 e. The average Bonchev–Trinajstić information content (AvgIpc) is 3.33. The molecular formula is C36H61NO11. The molecule has 4 heterocycles. The van der Waals surface area contributed by atoms with Gasteiger partial charge < -0.3 is 48.6 Å². The monoisotopic (exact) mass is 683 g/mol. The van der Waals surface area contributed by atoms with Gasteiger partial charge in [0.2, 0.25) is 0 Å². The van der Waals surface area contributed by atoms with Crippen molar-refractivity contribution < 1.29 is 53.3 Å². The fourth-order valence-electron chi connectivity index (χ4n) is 8.33. The van der Waals surface area contributed by atoms with E-state index in [1.165, 1.54) is 6.92 Å². The van der Waals surface area contributed by atoms with E-state index in [0.717, 1.165) is 5.57 Å². The number of ketones is 1. The molecule has 16 atom stereocenters. The van der Waals surface area contributed by atoms with Gasteiger partial charge in [0.15, 0.2) is 24.0 Å². The number of fused-ring (bicyclic) bond motifs is 2. The van der Waals surface area contributed by atoms with Gasteiger partial charge in [-0.3, -0.25) is 9.59 Å². The Bertz CT molecular complexity index is 1180. The molecule has 0 amide bonds. The molecule has 12 nitrogen and oxygen atoms in total. The van der Waals surface area contributed by atoms with Crippen LogP contribution in [0, 0.1) is 23.7 Å². The lowest BCUT2D eigenvalue weighted by molar-refractivity contribution is -0.308. The number of allylic oxidation sites excluding steroid dienone is 1. The molecule has 0 aromatic carbocycles. The van der Waals surface area contributed by atoms with Crippen molar-refractivity contribution in [2.75, 3.05) is 14.1 Å². The molecule has 0 aliphatic carbocycles. The van der Waals surface area contributed by atoms with Crippen molar-refractivity contribution >= 4 is 11.8 Å². The van der Waals surface area contributed by atoms with Gasteiger partial charge in [-0.15, -0.1) is 0 Å². The molecule has 3 fully saturated rings. The molecule has 0 radical (unpaired) electrons. The number of cyclic esters (lactones) is 1. The zero-order chi connectivity index (χ0) is 36.0. The van der Waals surface area contributed by atoms with E-state index in [0.29, 0.717) is 25.0 Å². The Balaban J connectivity index is 1.82. The van der Waals surface area contributed by atoms with Crippen molar-refractivity contribution in [3.8, 4) is 0 Å². The summed E-state index contributed by atoms with van der Waals surface area (Å²) in [6, 6.07) is -0.228. The van der Waals surface area contributed by atoms with Crippen LogP contribution < -0.4 is 0 Å². The summed E-state index contributed by atoms with van der Waals surface area (Å²) in [6.45, 7) is 17.9. The number of hydrogen-bond acceptors (Lipinski definition) is 12. The van der Waals surface area contributed by atoms with Crippen LogP contribution in [0.3, 0.4) is 0 Å². The topological polar surface area (TPSA) is 153 Å². The van der Waals surface area contributed by atoms with Gasteiger partial charge >= 0.3 is 5.97 Å². The zero-order valence-corrected chi connectivity index (χ0v) is 31.0. The number of ether oxygens (including phenoxy) is 6. The quantitative estimate of drug-likeness (QED) is 0.352. The minimum absolute atomic E-state index is 0.120. The van der Waals surface area contributed by atoms with Crippen LogP contribution in [-0.2, 0) is 38.0 Å². The van der Waals surface area contributed by atoms with Crippen molar-refractivity contribution in [3.63, 3.8) is 0 Å². The molecular weight excluding hydrogens is 622 g/mol. The summed E-state index contributed by atoms with van der Waals surface area (Å²) in [6.07, 6.45) is -5.34. The first-order chi connectivity index (χ1) is 22.2. The Morgan fingerprint density at radius 3 is 2.19 bits per heavy atom. The number of likely N-dealkylation sites (N-methyl/N-ethyl adjacent to an activating group) is 1. The van der Waals surface area contributed by atoms with Gasteiger partial charge in [0.05, 0.1) is 36.3 Å². The van der Waals surface area contributed by atoms with Gasteiger partial charge in [-0.25, -0.2) is 0 Å². The number of nitrogens with zero attached hydrogens (tertiary/aromatic N) is 1. The van der Waals surface area contributed by atoms with Crippen molar-refractivity contribution in [1.29, 1.82) is 0 Å². The third kappa shape index (κ3) is 7.66. The molecule has 48 heavy (non-hydrogen) atoms. The summed E-state index contributed by atoms with van der Waals surface area (Å²) in [5, 5.41) is 33.7. The number of aliphatic hydroxyl groups excluding tert-OH is 2. The summed E-state index contributed by atoms with van der Waals surface area (Å²) in [5.74, 6) is -3.17. The molecule has 0 saturated carbocycles. The van der Waals surface area contributed by atoms with Crippen LogP contribution in [0.4, 0.5) is 0 Å². The SMILES string of the molecule is CC[C@H]1OC(=O)[C@H](C)[C@@H](O[C@H]2C[C@H](C)[C@@H](O)[C@H](C)O2)[C@H](C)[C@@H](O[C@@H]2O[C@H](C)C[C@H](N(C)C)[C@H]2O)[C@@]2(C)CC(C)=C(O2)[C@H](C)C(=O)[C@]1(C)O. The maximum absolute atomic E-state index is 14.0. The third-order valence-electron chi connectivity index (χ3n) is 11.2. The number of aliphatic hydroxyl groups is 3. The molecule has 4 aliphatic rings. The van der Waals surface area contributed by atoms with Crippen LogP contribution in [-0.4, -0.2) is 119 Å². The molecule has 0 spiro atoms. The summed E-state index contributed by atoms with van der Waals surface area (Å²) >= 11 is 0. The van der Waals surface area contributed by atoms with E-state index in [2.05, 4.69) is 0 Å². The van der Waals surface area contributed by atoms with Crippen molar-refractivity contribution in [2.45, 2.75) is 167 Å². The summed E-state index contributed by atoms with van der Waals surface area (Å²) in [7, 11) is 3.81. The highest BCUT2D eigenvalue weighted by molar-refractivity contribution is 5.91. The Labute approximate surface area is 286 Å². The smallest absolute Gasteiger partial charge is 0.311 e. The summed E-state index contributed by atoms with van der Waals surface area (Å²) < 4.78 is 38.6. The summed E-state index contributed by atoms with van der Waals surface area (Å²) in [4.78, 5) is 29.9. The minimum Gasteiger partial charge on any atom is -0.488 e. The molecule has 2 bridgehead atoms. The molecule has 3 saturated heterocycles. The fraction of sp³-hybridized carbons (Fsp3) is 0.889. The standard InChI is InChI=1S/C36H61NO11/c1-13-25-36(10,42)31(40)20(5)29-18(3)16-35(9,48-29)32(47-34-28(39)24(37(11)12)15-19(4)43-34)21(6)30(22(7)33(41)45-25)46-26-14-17(2)27(38)23(8)44-26/h17,19-28,30,32,34,38-39,42H,13-16H2,1-12H3/t17-,19+,20-,21-,22+,23-,24-,25+,26-,27+,28+,30-,32+,34-,35+,36+/m0/s1. The van der Waals surface area contributed by atoms with E-state index in [1.807, 2.05) is 53.6 Å². The van der Waals surface area contributed by atoms with E-state index < -0.39 is 89.9 Å². The Morgan fingerprint density at radius 1 is 0.958 bits per heavy atom. The number of rotatable bonds is 6. The largest absolute Gasteiger partial charge is 0.488 e. The van der Waals surface area contributed by atoms with Gasteiger partial charge in [-0.1, -0.05) is 20.8 Å². The van der Waals surface area contributed by atoms with E-state index in [9.17, 15) is 24.9 Å². The second kappa shape index (κ2) is 14.9. The van der Waals surface area contributed by atoms with Crippen LogP contribution in [0.25, 0.3) is 0 Å². The van der Waals surface area contributed by atoms with E-state index in [4.69, 9.17) is 28.4 Å². The van der Waals surface area contributed by atoms with Gasteiger partial charge in [-0.05, 0) is 86.9 Å². The first-order valence-electron chi connectivity index (χ1n) is 17.7. The highest BCUT2D eigenvalue weighted by atomic mass is 16.7. The lowest BCUT2D eigenvalue weighted by Crippen LogP contribution is -2.59. The minimum atomic E-state index is -1.99. The predicted octanol–water partition coefficient (Wildman–Crippen LogP) is 3.33. The van der Waals surface area contributed by atoms with Crippen LogP contribution in [0.5, 0.6) is 0 Å². The number of carbonyl (C=O) groups excluding carboxylic acids is 2. The molecule has 12 heteroatoms. The average molecular weight is 684 g/mol. The fourth-order valence-corrected chi connectivity index (χ4v) is 8.33. The number of carbonyl (C=O) groups is 2.